The molecule has 0 fully saturated rings. The van der Waals surface area contributed by atoms with Gasteiger partial charge in [0.1, 0.15) is 6.17 Å². The SMILES string of the molecule is F[C@H](CBr)c1ccc(Cl)cc1. The van der Waals surface area contributed by atoms with Crippen molar-refractivity contribution in [1.29, 1.82) is 0 Å². The third-order valence-electron chi connectivity index (χ3n) is 1.37. The smallest absolute Gasteiger partial charge is 0.135 e. The number of hydrogen-bond acceptors (Lipinski definition) is 0. The number of hydrogen-bond donors (Lipinski definition) is 0. The van der Waals surface area contributed by atoms with Crippen molar-refractivity contribution < 1.29 is 4.39 Å². The molecule has 60 valence electrons. The van der Waals surface area contributed by atoms with E-state index in [1.54, 1.807) is 24.3 Å². The van der Waals surface area contributed by atoms with Gasteiger partial charge in [-0.3, -0.25) is 0 Å². The molecule has 11 heavy (non-hydrogen) atoms. The van der Waals surface area contributed by atoms with Crippen LogP contribution >= 0.6 is 27.5 Å². The van der Waals surface area contributed by atoms with Gasteiger partial charge in [0, 0.05) is 10.4 Å². The lowest BCUT2D eigenvalue weighted by atomic mass is 10.1. The van der Waals surface area contributed by atoms with Crippen LogP contribution < -0.4 is 0 Å². The Kier molecular flexibility index (Phi) is 3.34. The molecule has 3 heteroatoms. The van der Waals surface area contributed by atoms with Gasteiger partial charge >= 0.3 is 0 Å². The third kappa shape index (κ3) is 2.46. The summed E-state index contributed by atoms with van der Waals surface area (Å²) in [6.45, 7) is 0. The van der Waals surface area contributed by atoms with Gasteiger partial charge in [0.25, 0.3) is 0 Å². The number of halogens is 3. The maximum atomic E-state index is 12.9. The molecule has 0 aliphatic carbocycles. The fourth-order valence-electron chi connectivity index (χ4n) is 0.761. The summed E-state index contributed by atoms with van der Waals surface area (Å²) in [6.07, 6.45) is -0.938. The summed E-state index contributed by atoms with van der Waals surface area (Å²) >= 11 is 8.69. The highest BCUT2D eigenvalue weighted by Gasteiger charge is 2.05. The van der Waals surface area contributed by atoms with Crippen LogP contribution in [0.1, 0.15) is 11.7 Å². The third-order valence-corrected chi connectivity index (χ3v) is 2.19. The zero-order chi connectivity index (χ0) is 8.27. The van der Waals surface area contributed by atoms with Crippen LogP contribution in [-0.4, -0.2) is 5.33 Å². The fraction of sp³-hybridized carbons (Fsp3) is 0.250. The van der Waals surface area contributed by atoms with E-state index >= 15 is 0 Å². The summed E-state index contributed by atoms with van der Waals surface area (Å²) < 4.78 is 12.9. The summed E-state index contributed by atoms with van der Waals surface area (Å²) in [4.78, 5) is 0. The molecule has 0 heterocycles. The van der Waals surface area contributed by atoms with E-state index in [1.807, 2.05) is 0 Å². The minimum atomic E-state index is -0.938. The Morgan fingerprint density at radius 2 is 1.91 bits per heavy atom. The molecule has 0 radical (unpaired) electrons. The second-order valence-electron chi connectivity index (χ2n) is 2.17. The Hall–Kier alpha value is -0.0800. The van der Waals surface area contributed by atoms with E-state index < -0.39 is 6.17 Å². The molecule has 0 nitrogen and oxygen atoms in total. The molecule has 0 saturated heterocycles. The molecular weight excluding hydrogens is 230 g/mol. The lowest BCUT2D eigenvalue weighted by Gasteiger charge is -2.03. The molecule has 0 unspecified atom stereocenters. The zero-order valence-corrected chi connectivity index (χ0v) is 8.07. The number of rotatable bonds is 2. The van der Waals surface area contributed by atoms with Crippen molar-refractivity contribution in [2.24, 2.45) is 0 Å². The molecule has 0 aliphatic rings. The van der Waals surface area contributed by atoms with Crippen LogP contribution in [0.3, 0.4) is 0 Å². The monoisotopic (exact) mass is 236 g/mol. The summed E-state index contributed by atoms with van der Waals surface area (Å²) in [5.41, 5.74) is 0.659. The quantitative estimate of drug-likeness (QED) is 0.687. The van der Waals surface area contributed by atoms with Gasteiger partial charge in [0.15, 0.2) is 0 Å². The van der Waals surface area contributed by atoms with E-state index in [9.17, 15) is 4.39 Å². The molecule has 0 spiro atoms. The van der Waals surface area contributed by atoms with Crippen molar-refractivity contribution in [3.05, 3.63) is 34.9 Å². The highest BCUT2D eigenvalue weighted by Crippen LogP contribution is 2.20. The topological polar surface area (TPSA) is 0 Å². The maximum absolute atomic E-state index is 12.9. The van der Waals surface area contributed by atoms with Gasteiger partial charge in [-0.05, 0) is 17.7 Å². The first-order valence-electron chi connectivity index (χ1n) is 3.19. The molecule has 0 saturated carbocycles. The average Bonchev–Trinajstić information content (AvgIpc) is 2.05. The Labute approximate surface area is 78.5 Å². The Balaban J connectivity index is 2.81. The van der Waals surface area contributed by atoms with Gasteiger partial charge in [-0.15, -0.1) is 0 Å². The molecule has 1 rings (SSSR count). The summed E-state index contributed by atoms with van der Waals surface area (Å²) in [6, 6.07) is 6.75. The lowest BCUT2D eigenvalue weighted by Crippen LogP contribution is -1.90. The van der Waals surface area contributed by atoms with Gasteiger partial charge < -0.3 is 0 Å². The second kappa shape index (κ2) is 4.07. The molecule has 0 N–H and O–H groups in total. The summed E-state index contributed by atoms with van der Waals surface area (Å²) in [5, 5.41) is 0.963. The summed E-state index contributed by atoms with van der Waals surface area (Å²) in [7, 11) is 0. The lowest BCUT2D eigenvalue weighted by molar-refractivity contribution is 0.382. The predicted octanol–water partition coefficient (Wildman–Crippen LogP) is 3.75. The molecule has 0 aliphatic heterocycles. The normalized spacial score (nSPS) is 13.0. The van der Waals surface area contributed by atoms with Crippen LogP contribution in [0.5, 0.6) is 0 Å². The highest BCUT2D eigenvalue weighted by molar-refractivity contribution is 9.09. The van der Waals surface area contributed by atoms with Crippen molar-refractivity contribution in [2.45, 2.75) is 6.17 Å². The number of benzene rings is 1. The largest absolute Gasteiger partial charge is 0.241 e. The van der Waals surface area contributed by atoms with Gasteiger partial charge in [-0.25, -0.2) is 4.39 Å². The Bertz CT molecular complexity index is 222. The van der Waals surface area contributed by atoms with E-state index in [2.05, 4.69) is 15.9 Å². The Morgan fingerprint density at radius 3 is 2.36 bits per heavy atom. The minimum Gasteiger partial charge on any atom is -0.241 e. The predicted molar refractivity (Wildman–Crippen MR) is 49.1 cm³/mol. The van der Waals surface area contributed by atoms with E-state index in [-0.39, 0.29) is 0 Å². The second-order valence-corrected chi connectivity index (χ2v) is 3.26. The number of alkyl halides is 2. The minimum absolute atomic E-state index is 0.328. The maximum Gasteiger partial charge on any atom is 0.135 e. The van der Waals surface area contributed by atoms with Crippen molar-refractivity contribution in [3.8, 4) is 0 Å². The molecule has 1 atom stereocenters. The zero-order valence-electron chi connectivity index (χ0n) is 5.73. The van der Waals surface area contributed by atoms with Gasteiger partial charge in [0.05, 0.1) is 0 Å². The first-order valence-corrected chi connectivity index (χ1v) is 4.69. The van der Waals surface area contributed by atoms with Crippen molar-refractivity contribution in [1.82, 2.24) is 0 Å². The fourth-order valence-corrected chi connectivity index (χ4v) is 1.26. The van der Waals surface area contributed by atoms with Crippen LogP contribution in [0.25, 0.3) is 0 Å². The average molecular weight is 237 g/mol. The highest BCUT2D eigenvalue weighted by atomic mass is 79.9. The standard InChI is InChI=1S/C8H7BrClF/c9-5-8(11)6-1-3-7(10)4-2-6/h1-4,8H,5H2/t8-/m1/s1. The van der Waals surface area contributed by atoms with Gasteiger partial charge in [-0.1, -0.05) is 39.7 Å². The molecule has 1 aromatic carbocycles. The van der Waals surface area contributed by atoms with E-state index in [0.29, 0.717) is 15.9 Å². The van der Waals surface area contributed by atoms with Crippen molar-refractivity contribution in [2.75, 3.05) is 5.33 Å². The van der Waals surface area contributed by atoms with E-state index in [1.165, 1.54) is 0 Å². The van der Waals surface area contributed by atoms with Crippen LogP contribution in [0.4, 0.5) is 4.39 Å². The van der Waals surface area contributed by atoms with Crippen LogP contribution in [0.15, 0.2) is 24.3 Å². The van der Waals surface area contributed by atoms with E-state index in [4.69, 9.17) is 11.6 Å². The molecule has 0 amide bonds. The van der Waals surface area contributed by atoms with Crippen LogP contribution in [-0.2, 0) is 0 Å². The first-order chi connectivity index (χ1) is 5.24. The summed E-state index contributed by atoms with van der Waals surface area (Å²) in [5.74, 6) is 0. The van der Waals surface area contributed by atoms with Crippen molar-refractivity contribution in [3.63, 3.8) is 0 Å². The molecular formula is C8H7BrClF. The molecule has 1 aromatic rings. The molecule has 0 bridgehead atoms. The van der Waals surface area contributed by atoms with Crippen LogP contribution in [0, 0.1) is 0 Å². The van der Waals surface area contributed by atoms with Crippen molar-refractivity contribution >= 4 is 27.5 Å². The van der Waals surface area contributed by atoms with Gasteiger partial charge in [-0.2, -0.15) is 0 Å². The Morgan fingerprint density at radius 1 is 1.36 bits per heavy atom. The molecule has 0 aromatic heterocycles. The van der Waals surface area contributed by atoms with Crippen LogP contribution in [0.2, 0.25) is 5.02 Å². The van der Waals surface area contributed by atoms with Gasteiger partial charge in [0.2, 0.25) is 0 Å². The first kappa shape index (κ1) is 9.01. The van der Waals surface area contributed by atoms with E-state index in [0.717, 1.165) is 0 Å².